The molecule has 2 aliphatic heterocycles. The van der Waals surface area contributed by atoms with Gasteiger partial charge in [-0.2, -0.15) is 0 Å². The van der Waals surface area contributed by atoms with Crippen molar-refractivity contribution in [2.45, 2.75) is 26.7 Å². The number of fused-ring (bicyclic) bond motifs is 1. The molecule has 0 aromatic carbocycles. The molecule has 3 aliphatic rings. The lowest BCUT2D eigenvalue weighted by Crippen LogP contribution is -2.49. The van der Waals surface area contributed by atoms with E-state index in [4.69, 9.17) is 0 Å². The van der Waals surface area contributed by atoms with E-state index in [-0.39, 0.29) is 43.0 Å². The van der Waals surface area contributed by atoms with E-state index in [2.05, 4.69) is 15.6 Å². The maximum absolute atomic E-state index is 12.1. The Labute approximate surface area is 150 Å². The standard InChI is InChI=1S/C18H20N4O4/c1-10-11(2)17(25)20-14-9-12(3-4-13(10)14)19-15(23)5-7-22-8-6-16(24)21-18(22)26/h3-4,9,13H,5-8H2,1-2H3,(H,20,25)(H,21,24,26). The molecule has 3 rings (SSSR count). The predicted molar refractivity (Wildman–Crippen MR) is 94.0 cm³/mol. The highest BCUT2D eigenvalue weighted by Gasteiger charge is 2.28. The molecule has 1 aliphatic carbocycles. The zero-order valence-corrected chi connectivity index (χ0v) is 14.7. The third kappa shape index (κ3) is 3.63. The van der Waals surface area contributed by atoms with E-state index in [1.807, 2.05) is 13.0 Å². The van der Waals surface area contributed by atoms with Crippen molar-refractivity contribution in [2.75, 3.05) is 13.1 Å². The van der Waals surface area contributed by atoms with Crippen LogP contribution in [0.5, 0.6) is 0 Å². The van der Waals surface area contributed by atoms with Crippen molar-refractivity contribution >= 4 is 29.5 Å². The molecule has 1 saturated heterocycles. The van der Waals surface area contributed by atoms with Crippen molar-refractivity contribution in [3.05, 3.63) is 35.1 Å². The van der Waals surface area contributed by atoms with Gasteiger partial charge in [0.2, 0.25) is 11.8 Å². The summed E-state index contributed by atoms with van der Waals surface area (Å²) in [7, 11) is 0. The average Bonchev–Trinajstić information content (AvgIpc) is 2.59. The summed E-state index contributed by atoms with van der Waals surface area (Å²) in [6, 6.07) is -0.480. The number of imide groups is 1. The minimum Gasteiger partial charge on any atom is -0.325 e. The quantitative estimate of drug-likeness (QED) is 0.780. The summed E-state index contributed by atoms with van der Waals surface area (Å²) in [5, 5.41) is 5.04. The Morgan fingerprint density at radius 2 is 2.04 bits per heavy atom. The highest BCUT2D eigenvalue weighted by atomic mass is 16.2. The minimum absolute atomic E-state index is 0.00339. The molecule has 26 heavy (non-hydrogen) atoms. The van der Waals surface area contributed by atoms with Gasteiger partial charge in [-0.3, -0.25) is 19.7 Å². The van der Waals surface area contributed by atoms with Crippen LogP contribution in [0, 0.1) is 5.92 Å². The fourth-order valence-corrected chi connectivity index (χ4v) is 3.04. The molecule has 1 fully saturated rings. The number of amides is 5. The summed E-state index contributed by atoms with van der Waals surface area (Å²) in [6.07, 6.45) is 5.66. The number of carbonyl (C=O) groups excluding carboxylic acids is 4. The minimum atomic E-state index is -0.480. The van der Waals surface area contributed by atoms with E-state index in [0.717, 1.165) is 5.57 Å². The van der Waals surface area contributed by atoms with Crippen molar-refractivity contribution < 1.29 is 19.2 Å². The Bertz CT molecular complexity index is 819. The molecule has 1 atom stereocenters. The predicted octanol–water partition coefficient (Wildman–Crippen LogP) is 0.822. The Hall–Kier alpha value is -3.03. The second-order valence-corrected chi connectivity index (χ2v) is 6.47. The van der Waals surface area contributed by atoms with Crippen LogP contribution in [-0.2, 0) is 14.4 Å². The van der Waals surface area contributed by atoms with E-state index < -0.39 is 6.03 Å². The first kappa shape index (κ1) is 17.8. The maximum atomic E-state index is 12.1. The van der Waals surface area contributed by atoms with E-state index in [0.29, 0.717) is 23.5 Å². The highest BCUT2D eigenvalue weighted by Crippen LogP contribution is 2.29. The maximum Gasteiger partial charge on any atom is 0.324 e. The monoisotopic (exact) mass is 356 g/mol. The summed E-state index contributed by atoms with van der Waals surface area (Å²) in [5.74, 6) is -0.816. The summed E-state index contributed by atoms with van der Waals surface area (Å²) in [5.41, 5.74) is 2.85. The molecule has 0 aromatic rings. The lowest BCUT2D eigenvalue weighted by molar-refractivity contribution is -0.121. The van der Waals surface area contributed by atoms with Crippen molar-refractivity contribution in [3.63, 3.8) is 0 Å². The number of urea groups is 1. The molecule has 0 radical (unpaired) electrons. The van der Waals surface area contributed by atoms with Crippen molar-refractivity contribution in [1.29, 1.82) is 0 Å². The molecule has 0 bridgehead atoms. The topological polar surface area (TPSA) is 108 Å². The number of nitrogens with zero attached hydrogens (tertiary/aromatic N) is 2. The van der Waals surface area contributed by atoms with Gasteiger partial charge in [-0.15, -0.1) is 0 Å². The molecule has 0 aromatic heterocycles. The van der Waals surface area contributed by atoms with Crippen LogP contribution in [0.3, 0.4) is 0 Å². The van der Waals surface area contributed by atoms with Gasteiger partial charge in [-0.05, 0) is 26.0 Å². The molecule has 5 amide bonds. The molecule has 136 valence electrons. The van der Waals surface area contributed by atoms with Crippen LogP contribution in [0.4, 0.5) is 4.79 Å². The van der Waals surface area contributed by atoms with Crippen LogP contribution in [0.2, 0.25) is 0 Å². The molecule has 8 nitrogen and oxygen atoms in total. The number of hydrogen-bond donors (Lipinski definition) is 2. The molecule has 8 heteroatoms. The lowest BCUT2D eigenvalue weighted by Gasteiger charge is -2.28. The first-order chi connectivity index (χ1) is 12.3. The number of rotatable bonds is 3. The number of allylic oxidation sites excluding steroid dienone is 3. The van der Waals surface area contributed by atoms with Gasteiger partial charge < -0.3 is 10.2 Å². The Kier molecular flexibility index (Phi) is 4.83. The van der Waals surface area contributed by atoms with Crippen molar-refractivity contribution in [3.8, 4) is 0 Å². The van der Waals surface area contributed by atoms with Crippen LogP contribution in [0.1, 0.15) is 26.7 Å². The molecule has 2 heterocycles. The van der Waals surface area contributed by atoms with Crippen molar-refractivity contribution in [2.24, 2.45) is 10.9 Å². The molecular weight excluding hydrogens is 336 g/mol. The van der Waals surface area contributed by atoms with Gasteiger partial charge in [0, 0.05) is 43.1 Å². The number of hydrogen-bond acceptors (Lipinski definition) is 4. The fraction of sp³-hybridized carbons (Fsp3) is 0.389. The molecule has 1 unspecified atom stereocenters. The second-order valence-electron chi connectivity index (χ2n) is 6.47. The lowest BCUT2D eigenvalue weighted by atomic mass is 9.85. The summed E-state index contributed by atoms with van der Waals surface area (Å²) >= 11 is 0. The highest BCUT2D eigenvalue weighted by molar-refractivity contribution is 6.11. The van der Waals surface area contributed by atoms with E-state index in [9.17, 15) is 19.2 Å². The van der Waals surface area contributed by atoms with Gasteiger partial charge in [0.25, 0.3) is 5.91 Å². The van der Waals surface area contributed by atoms with Gasteiger partial charge in [-0.1, -0.05) is 11.6 Å². The summed E-state index contributed by atoms with van der Waals surface area (Å²) < 4.78 is 0. The summed E-state index contributed by atoms with van der Waals surface area (Å²) in [4.78, 5) is 52.2. The Balaban J connectivity index is 1.62. The van der Waals surface area contributed by atoms with Crippen LogP contribution < -0.4 is 10.6 Å². The SMILES string of the molecule is CC1=C(C)C2C=CC(=NC(=O)CCN3CCC(=O)NC3=O)C=C2NC1=O. The fourth-order valence-electron chi connectivity index (χ4n) is 3.04. The largest absolute Gasteiger partial charge is 0.325 e. The number of nitrogens with one attached hydrogen (secondary N) is 2. The summed E-state index contributed by atoms with van der Waals surface area (Å²) in [6.45, 7) is 4.21. The second kappa shape index (κ2) is 7.07. The van der Waals surface area contributed by atoms with Gasteiger partial charge >= 0.3 is 6.03 Å². The first-order valence-corrected chi connectivity index (χ1v) is 8.44. The van der Waals surface area contributed by atoms with Crippen LogP contribution >= 0.6 is 0 Å². The molecule has 0 spiro atoms. The van der Waals surface area contributed by atoms with Crippen molar-refractivity contribution in [1.82, 2.24) is 15.5 Å². The van der Waals surface area contributed by atoms with E-state index in [1.54, 1.807) is 19.1 Å². The van der Waals surface area contributed by atoms with Crippen LogP contribution in [0.25, 0.3) is 0 Å². The number of aliphatic imine (C=N–C) groups is 1. The molecule has 0 saturated carbocycles. The van der Waals surface area contributed by atoms with Gasteiger partial charge in [-0.25, -0.2) is 9.79 Å². The first-order valence-electron chi connectivity index (χ1n) is 8.44. The van der Waals surface area contributed by atoms with Crippen LogP contribution in [0.15, 0.2) is 40.1 Å². The third-order valence-corrected chi connectivity index (χ3v) is 4.75. The van der Waals surface area contributed by atoms with Gasteiger partial charge in [0.1, 0.15) is 0 Å². The van der Waals surface area contributed by atoms with E-state index in [1.165, 1.54) is 4.90 Å². The van der Waals surface area contributed by atoms with E-state index >= 15 is 0 Å². The Morgan fingerprint density at radius 1 is 1.27 bits per heavy atom. The zero-order chi connectivity index (χ0) is 18.8. The zero-order valence-electron chi connectivity index (χ0n) is 14.7. The number of carbonyl (C=O) groups is 4. The third-order valence-electron chi connectivity index (χ3n) is 4.75. The van der Waals surface area contributed by atoms with Gasteiger partial charge in [0.05, 0.1) is 5.71 Å². The van der Waals surface area contributed by atoms with Gasteiger partial charge in [0.15, 0.2) is 0 Å². The normalized spacial score (nSPS) is 24.3. The van der Waals surface area contributed by atoms with Crippen LogP contribution in [-0.4, -0.2) is 47.5 Å². The molecular formula is C18H20N4O4. The molecule has 2 N–H and O–H groups in total. The average molecular weight is 356 g/mol. The Morgan fingerprint density at radius 3 is 2.77 bits per heavy atom. The smallest absolute Gasteiger partial charge is 0.324 e.